The number of nitrogens with one attached hydrogen (secondary N) is 1. The average Bonchev–Trinajstić information content (AvgIpc) is 2.86. The zero-order valence-electron chi connectivity index (χ0n) is 12.9. The first-order chi connectivity index (χ1) is 10.1. The Morgan fingerprint density at radius 3 is 3.00 bits per heavy atom. The van der Waals surface area contributed by atoms with Gasteiger partial charge in [-0.15, -0.1) is 0 Å². The molecule has 7 nitrogen and oxygen atoms in total. The molecule has 1 unspecified atom stereocenters. The van der Waals surface area contributed by atoms with Crippen molar-refractivity contribution >= 4 is 5.82 Å². The first-order valence-corrected chi connectivity index (χ1v) is 7.74. The number of nitrogens with zero attached hydrogens (tertiary/aromatic N) is 4. The lowest BCUT2D eigenvalue weighted by molar-refractivity contribution is -0.392. The van der Waals surface area contributed by atoms with E-state index in [0.29, 0.717) is 18.4 Å². The number of piperidine rings is 1. The first-order valence-electron chi connectivity index (χ1n) is 7.74. The molecule has 2 heterocycles. The molecule has 1 fully saturated rings. The van der Waals surface area contributed by atoms with Crippen LogP contribution in [0.15, 0.2) is 6.20 Å². The number of imidazole rings is 1. The number of aromatic nitrogens is 2. The number of nitro groups is 1. The van der Waals surface area contributed by atoms with Gasteiger partial charge in [-0.1, -0.05) is 13.3 Å². The fourth-order valence-corrected chi connectivity index (χ4v) is 2.89. The van der Waals surface area contributed by atoms with Crippen molar-refractivity contribution in [2.75, 3.05) is 26.2 Å². The molecule has 0 spiro atoms. The van der Waals surface area contributed by atoms with Gasteiger partial charge < -0.3 is 15.4 Å². The van der Waals surface area contributed by atoms with Crippen LogP contribution >= 0.6 is 0 Å². The average molecular weight is 295 g/mol. The molecular weight excluding hydrogens is 270 g/mol. The zero-order valence-corrected chi connectivity index (χ0v) is 12.9. The first kappa shape index (κ1) is 15.9. The van der Waals surface area contributed by atoms with Gasteiger partial charge in [0.1, 0.15) is 12.7 Å². The summed E-state index contributed by atoms with van der Waals surface area (Å²) >= 11 is 0. The van der Waals surface area contributed by atoms with E-state index in [-0.39, 0.29) is 10.7 Å². The highest BCUT2D eigenvalue weighted by Crippen LogP contribution is 2.14. The van der Waals surface area contributed by atoms with Crippen molar-refractivity contribution in [3.63, 3.8) is 0 Å². The topological polar surface area (TPSA) is 76.2 Å². The summed E-state index contributed by atoms with van der Waals surface area (Å²) in [6, 6.07) is 0.553. The van der Waals surface area contributed by atoms with Crippen molar-refractivity contribution in [3.8, 4) is 0 Å². The van der Waals surface area contributed by atoms with Crippen LogP contribution in [-0.4, -0.2) is 51.6 Å². The molecule has 2 rings (SSSR count). The van der Waals surface area contributed by atoms with Gasteiger partial charge in [0.15, 0.2) is 5.82 Å². The number of likely N-dealkylation sites (N-methyl/N-ethyl adjacent to an activating group) is 1. The van der Waals surface area contributed by atoms with Gasteiger partial charge in [-0.2, -0.15) is 0 Å². The summed E-state index contributed by atoms with van der Waals surface area (Å²) in [5.41, 5.74) is 0. The predicted molar refractivity (Wildman–Crippen MR) is 81.4 cm³/mol. The summed E-state index contributed by atoms with van der Waals surface area (Å²) in [6.45, 7) is 8.45. The van der Waals surface area contributed by atoms with Crippen LogP contribution in [0.3, 0.4) is 0 Å². The van der Waals surface area contributed by atoms with Crippen molar-refractivity contribution in [1.82, 2.24) is 19.8 Å². The molecule has 0 aromatic carbocycles. The summed E-state index contributed by atoms with van der Waals surface area (Å²) in [7, 11) is 0. The third kappa shape index (κ3) is 4.25. The van der Waals surface area contributed by atoms with Gasteiger partial charge in [0.25, 0.3) is 0 Å². The largest absolute Gasteiger partial charge is 0.358 e. The van der Waals surface area contributed by atoms with E-state index in [4.69, 9.17) is 0 Å². The van der Waals surface area contributed by atoms with E-state index in [0.717, 1.165) is 26.2 Å². The standard InChI is InChI=1S/C14H25N5O2/c1-3-17(11-13-6-4-5-7-15-13)8-9-18-12(2)16-10-14(18)19(20)21/h10,13,15H,3-9,11H2,1-2H3. The van der Waals surface area contributed by atoms with E-state index in [1.807, 2.05) is 6.92 Å². The monoisotopic (exact) mass is 295 g/mol. The third-order valence-electron chi connectivity index (χ3n) is 4.20. The molecule has 118 valence electrons. The van der Waals surface area contributed by atoms with Gasteiger partial charge in [0, 0.05) is 26.1 Å². The predicted octanol–water partition coefficient (Wildman–Crippen LogP) is 1.56. The Bertz CT molecular complexity index is 468. The lowest BCUT2D eigenvalue weighted by Gasteiger charge is -2.29. The highest BCUT2D eigenvalue weighted by molar-refractivity contribution is 5.18. The fourth-order valence-electron chi connectivity index (χ4n) is 2.89. The smallest absolute Gasteiger partial charge is 0.342 e. The highest BCUT2D eigenvalue weighted by Gasteiger charge is 2.20. The molecule has 0 amide bonds. The molecule has 1 aliphatic heterocycles. The Morgan fingerprint density at radius 1 is 1.57 bits per heavy atom. The SMILES string of the molecule is CCN(CCn1c([N+](=O)[O-])cnc1C)CC1CCCCN1. The van der Waals surface area contributed by atoms with Crippen LogP contribution in [0.4, 0.5) is 5.82 Å². The summed E-state index contributed by atoms with van der Waals surface area (Å²) in [6.07, 6.45) is 5.12. The zero-order chi connectivity index (χ0) is 15.2. The maximum Gasteiger partial charge on any atom is 0.342 e. The van der Waals surface area contributed by atoms with Crippen molar-refractivity contribution < 1.29 is 4.92 Å². The van der Waals surface area contributed by atoms with Crippen molar-refractivity contribution in [2.45, 2.75) is 45.7 Å². The fraction of sp³-hybridized carbons (Fsp3) is 0.786. The molecule has 7 heteroatoms. The Kier molecular flexibility index (Phi) is 5.69. The van der Waals surface area contributed by atoms with Gasteiger partial charge in [-0.3, -0.25) is 4.90 Å². The van der Waals surface area contributed by atoms with E-state index in [2.05, 4.69) is 22.1 Å². The van der Waals surface area contributed by atoms with Crippen molar-refractivity contribution in [3.05, 3.63) is 22.1 Å². The maximum absolute atomic E-state index is 11.0. The molecule has 0 radical (unpaired) electrons. The number of rotatable bonds is 7. The van der Waals surface area contributed by atoms with E-state index in [9.17, 15) is 10.1 Å². The minimum atomic E-state index is -0.362. The Labute approximate surface area is 125 Å². The van der Waals surface area contributed by atoms with Gasteiger partial charge in [0.05, 0.1) is 0 Å². The second-order valence-corrected chi connectivity index (χ2v) is 5.61. The molecule has 1 aliphatic rings. The minimum Gasteiger partial charge on any atom is -0.358 e. The number of aryl methyl sites for hydroxylation is 1. The van der Waals surface area contributed by atoms with Crippen LogP contribution in [0.2, 0.25) is 0 Å². The number of hydrogen-bond donors (Lipinski definition) is 1. The van der Waals surface area contributed by atoms with Crippen molar-refractivity contribution in [1.29, 1.82) is 0 Å². The molecule has 21 heavy (non-hydrogen) atoms. The van der Waals surface area contributed by atoms with Gasteiger partial charge >= 0.3 is 5.82 Å². The van der Waals surface area contributed by atoms with Gasteiger partial charge in [-0.05, 0) is 30.9 Å². The normalized spacial score (nSPS) is 19.1. The summed E-state index contributed by atoms with van der Waals surface area (Å²) < 4.78 is 1.69. The number of hydrogen-bond acceptors (Lipinski definition) is 5. The Hall–Kier alpha value is -1.47. The van der Waals surface area contributed by atoms with Crippen LogP contribution in [0.5, 0.6) is 0 Å². The van der Waals surface area contributed by atoms with Crippen LogP contribution in [0.25, 0.3) is 0 Å². The molecule has 1 N–H and O–H groups in total. The lowest BCUT2D eigenvalue weighted by atomic mass is 10.0. The molecule has 1 aromatic heterocycles. The van der Waals surface area contributed by atoms with E-state index in [1.54, 1.807) is 4.57 Å². The summed E-state index contributed by atoms with van der Waals surface area (Å²) in [4.78, 5) is 17.0. The van der Waals surface area contributed by atoms with Crippen molar-refractivity contribution in [2.24, 2.45) is 0 Å². The van der Waals surface area contributed by atoms with Crippen LogP contribution < -0.4 is 5.32 Å². The van der Waals surface area contributed by atoms with E-state index < -0.39 is 0 Å². The molecule has 0 saturated carbocycles. The van der Waals surface area contributed by atoms with E-state index in [1.165, 1.54) is 25.5 Å². The lowest BCUT2D eigenvalue weighted by Crippen LogP contribution is -2.44. The quantitative estimate of drug-likeness (QED) is 0.610. The Morgan fingerprint density at radius 2 is 2.38 bits per heavy atom. The second-order valence-electron chi connectivity index (χ2n) is 5.61. The maximum atomic E-state index is 11.0. The Balaban J connectivity index is 1.90. The van der Waals surface area contributed by atoms with Gasteiger partial charge in [0.2, 0.25) is 0 Å². The molecule has 0 aliphatic carbocycles. The van der Waals surface area contributed by atoms with Gasteiger partial charge in [-0.25, -0.2) is 9.55 Å². The third-order valence-corrected chi connectivity index (χ3v) is 4.20. The molecule has 1 saturated heterocycles. The minimum absolute atomic E-state index is 0.0827. The molecule has 1 atom stereocenters. The second kappa shape index (κ2) is 7.51. The van der Waals surface area contributed by atoms with Crippen LogP contribution in [0.1, 0.15) is 32.0 Å². The summed E-state index contributed by atoms with van der Waals surface area (Å²) in [5, 5.41) is 14.5. The highest BCUT2D eigenvalue weighted by atomic mass is 16.6. The van der Waals surface area contributed by atoms with Crippen LogP contribution in [0, 0.1) is 17.0 Å². The molecule has 0 bridgehead atoms. The summed E-state index contributed by atoms with van der Waals surface area (Å²) in [5.74, 6) is 0.785. The van der Waals surface area contributed by atoms with Crippen LogP contribution in [-0.2, 0) is 6.54 Å². The molecular formula is C14H25N5O2. The molecule has 1 aromatic rings. The van der Waals surface area contributed by atoms with E-state index >= 15 is 0 Å².